The zero-order valence-electron chi connectivity index (χ0n) is 15.6. The number of aliphatic hydroxyl groups is 1. The van der Waals surface area contributed by atoms with Gasteiger partial charge < -0.3 is 19.9 Å². The summed E-state index contributed by atoms with van der Waals surface area (Å²) < 4.78 is 10.2. The molecule has 1 heterocycles. The second kappa shape index (κ2) is 9.86. The molecule has 1 aromatic heterocycles. The van der Waals surface area contributed by atoms with E-state index in [-0.39, 0.29) is 30.9 Å². The molecule has 0 aliphatic heterocycles. The van der Waals surface area contributed by atoms with Crippen LogP contribution in [0.1, 0.15) is 61.4 Å². The summed E-state index contributed by atoms with van der Waals surface area (Å²) in [6, 6.07) is 1.80. The van der Waals surface area contributed by atoms with E-state index in [9.17, 15) is 14.4 Å². The lowest BCUT2D eigenvalue weighted by atomic mass is 10.1. The number of amides is 1. The molecule has 1 atom stereocenters. The number of ether oxygens (including phenoxy) is 2. The predicted molar refractivity (Wildman–Crippen MR) is 93.6 cm³/mol. The fraction of sp³-hybridized carbons (Fsp3) is 0.556. The van der Waals surface area contributed by atoms with Crippen molar-refractivity contribution >= 4 is 17.8 Å². The molecule has 1 rings (SSSR count). The van der Waals surface area contributed by atoms with Crippen LogP contribution >= 0.6 is 0 Å². The van der Waals surface area contributed by atoms with Gasteiger partial charge in [-0.05, 0) is 52.7 Å². The maximum Gasteiger partial charge on any atom is 0.338 e. The second-order valence-electron chi connectivity index (χ2n) is 6.58. The van der Waals surface area contributed by atoms with E-state index >= 15 is 0 Å². The number of hydrogen-bond donors (Lipinski definition) is 2. The topological polar surface area (TPSA) is 115 Å². The third-order valence-corrected chi connectivity index (χ3v) is 3.15. The van der Waals surface area contributed by atoms with Crippen LogP contribution in [0.4, 0.5) is 0 Å². The molecule has 0 bridgehead atoms. The number of esters is 2. The van der Waals surface area contributed by atoms with E-state index < -0.39 is 29.5 Å². The van der Waals surface area contributed by atoms with Crippen LogP contribution in [0, 0.1) is 0 Å². The first kappa shape index (κ1) is 21.6. The molecule has 0 aromatic carbocycles. The van der Waals surface area contributed by atoms with Crippen LogP contribution in [0.5, 0.6) is 0 Å². The van der Waals surface area contributed by atoms with Crippen molar-refractivity contribution in [2.75, 3.05) is 13.2 Å². The summed E-state index contributed by atoms with van der Waals surface area (Å²) in [5, 5.41) is 11.5. The molecule has 144 valence electrons. The van der Waals surface area contributed by atoms with Crippen molar-refractivity contribution in [1.29, 1.82) is 0 Å². The number of carbonyl (C=O) groups is 3. The molecule has 1 aromatic rings. The standard InChI is InChI=1S/C18H26N2O6/c1-5-25-16(23)12-8-9-19-14(11-12)15(22)20-13(7-6-10-21)17(24)26-18(2,3)4/h8-9,11,13,21H,5-7,10H2,1-4H3,(H,20,22). The largest absolute Gasteiger partial charge is 0.462 e. The Morgan fingerprint density at radius 3 is 2.58 bits per heavy atom. The molecule has 8 heteroatoms. The highest BCUT2D eigenvalue weighted by Crippen LogP contribution is 2.12. The molecule has 0 aliphatic rings. The Morgan fingerprint density at radius 1 is 1.31 bits per heavy atom. The average Bonchev–Trinajstić information content (AvgIpc) is 2.57. The number of rotatable bonds is 8. The van der Waals surface area contributed by atoms with Crippen LogP contribution in [0.3, 0.4) is 0 Å². The van der Waals surface area contributed by atoms with Gasteiger partial charge in [-0.1, -0.05) is 0 Å². The lowest BCUT2D eigenvalue weighted by Gasteiger charge is -2.24. The van der Waals surface area contributed by atoms with Crippen molar-refractivity contribution in [1.82, 2.24) is 10.3 Å². The van der Waals surface area contributed by atoms with E-state index in [4.69, 9.17) is 14.6 Å². The first-order chi connectivity index (χ1) is 12.2. The highest BCUT2D eigenvalue weighted by atomic mass is 16.6. The zero-order chi connectivity index (χ0) is 19.7. The van der Waals surface area contributed by atoms with Gasteiger partial charge in [0.1, 0.15) is 17.3 Å². The monoisotopic (exact) mass is 366 g/mol. The van der Waals surface area contributed by atoms with Crippen LogP contribution in [-0.4, -0.2) is 52.8 Å². The Bertz CT molecular complexity index is 639. The molecule has 2 N–H and O–H groups in total. The van der Waals surface area contributed by atoms with Crippen LogP contribution in [0.15, 0.2) is 18.3 Å². The minimum absolute atomic E-state index is 0.0203. The number of hydrogen-bond acceptors (Lipinski definition) is 7. The van der Waals surface area contributed by atoms with Crippen molar-refractivity contribution in [2.24, 2.45) is 0 Å². The average molecular weight is 366 g/mol. The van der Waals surface area contributed by atoms with Gasteiger partial charge in [0.05, 0.1) is 12.2 Å². The summed E-state index contributed by atoms with van der Waals surface area (Å²) in [5.41, 5.74) is -0.536. The minimum Gasteiger partial charge on any atom is -0.462 e. The van der Waals surface area contributed by atoms with Crippen LogP contribution < -0.4 is 5.32 Å². The molecule has 0 radical (unpaired) electrons. The Kier molecular flexibility index (Phi) is 8.18. The number of nitrogens with one attached hydrogen (secondary N) is 1. The molecule has 1 unspecified atom stereocenters. The van der Waals surface area contributed by atoms with E-state index in [0.717, 1.165) is 0 Å². The van der Waals surface area contributed by atoms with E-state index in [2.05, 4.69) is 10.3 Å². The predicted octanol–water partition coefficient (Wildman–Crippen LogP) is 1.47. The number of carbonyl (C=O) groups excluding carboxylic acids is 3. The van der Waals surface area contributed by atoms with Gasteiger partial charge >= 0.3 is 11.9 Å². The van der Waals surface area contributed by atoms with Gasteiger partial charge in [-0.2, -0.15) is 0 Å². The molecule has 0 saturated carbocycles. The first-order valence-electron chi connectivity index (χ1n) is 8.45. The number of aliphatic hydroxyl groups excluding tert-OH is 1. The van der Waals surface area contributed by atoms with Gasteiger partial charge in [0, 0.05) is 12.8 Å². The quantitative estimate of drug-likeness (QED) is 0.670. The lowest BCUT2D eigenvalue weighted by Crippen LogP contribution is -2.44. The summed E-state index contributed by atoms with van der Waals surface area (Å²) in [7, 11) is 0. The Labute approximate surface area is 152 Å². The second-order valence-corrected chi connectivity index (χ2v) is 6.58. The van der Waals surface area contributed by atoms with Gasteiger partial charge in [-0.25, -0.2) is 9.59 Å². The van der Waals surface area contributed by atoms with E-state index in [1.807, 2.05) is 0 Å². The zero-order valence-corrected chi connectivity index (χ0v) is 15.6. The molecular formula is C18H26N2O6. The van der Waals surface area contributed by atoms with Crippen molar-refractivity contribution in [3.05, 3.63) is 29.6 Å². The van der Waals surface area contributed by atoms with Crippen LogP contribution in [-0.2, 0) is 14.3 Å². The number of pyridine rings is 1. The van der Waals surface area contributed by atoms with E-state index in [1.54, 1.807) is 27.7 Å². The summed E-state index contributed by atoms with van der Waals surface area (Å²) in [6.07, 6.45) is 1.85. The normalized spacial score (nSPS) is 12.2. The third kappa shape index (κ3) is 7.18. The fourth-order valence-corrected chi connectivity index (χ4v) is 2.05. The fourth-order valence-electron chi connectivity index (χ4n) is 2.05. The summed E-state index contributed by atoms with van der Waals surface area (Å²) in [5.74, 6) is -1.78. The molecule has 0 spiro atoms. The maximum atomic E-state index is 12.4. The first-order valence-corrected chi connectivity index (χ1v) is 8.45. The summed E-state index contributed by atoms with van der Waals surface area (Å²) in [4.78, 5) is 40.4. The molecular weight excluding hydrogens is 340 g/mol. The summed E-state index contributed by atoms with van der Waals surface area (Å²) >= 11 is 0. The maximum absolute atomic E-state index is 12.4. The minimum atomic E-state index is -0.929. The Balaban J connectivity index is 2.90. The Morgan fingerprint density at radius 2 is 2.00 bits per heavy atom. The molecule has 0 aliphatic carbocycles. The van der Waals surface area contributed by atoms with Crippen molar-refractivity contribution in [2.45, 2.75) is 52.2 Å². The van der Waals surface area contributed by atoms with Gasteiger partial charge in [-0.15, -0.1) is 0 Å². The van der Waals surface area contributed by atoms with Crippen molar-refractivity contribution < 1.29 is 29.0 Å². The molecule has 8 nitrogen and oxygen atoms in total. The van der Waals surface area contributed by atoms with Crippen molar-refractivity contribution in [3.8, 4) is 0 Å². The molecule has 0 fully saturated rings. The van der Waals surface area contributed by atoms with E-state index in [0.29, 0.717) is 6.42 Å². The lowest BCUT2D eigenvalue weighted by molar-refractivity contribution is -0.157. The van der Waals surface area contributed by atoms with Gasteiger partial charge in [0.15, 0.2) is 0 Å². The van der Waals surface area contributed by atoms with Crippen molar-refractivity contribution in [3.63, 3.8) is 0 Å². The highest BCUT2D eigenvalue weighted by molar-refractivity contribution is 5.98. The molecule has 0 saturated heterocycles. The third-order valence-electron chi connectivity index (χ3n) is 3.15. The SMILES string of the molecule is CCOC(=O)c1ccnc(C(=O)NC(CCCO)C(=O)OC(C)(C)C)c1. The van der Waals surface area contributed by atoms with Gasteiger partial charge in [-0.3, -0.25) is 9.78 Å². The van der Waals surface area contributed by atoms with Crippen LogP contribution in [0.2, 0.25) is 0 Å². The molecule has 26 heavy (non-hydrogen) atoms. The number of nitrogens with zero attached hydrogens (tertiary/aromatic N) is 1. The van der Waals surface area contributed by atoms with Gasteiger partial charge in [0.25, 0.3) is 5.91 Å². The van der Waals surface area contributed by atoms with Gasteiger partial charge in [0.2, 0.25) is 0 Å². The smallest absolute Gasteiger partial charge is 0.338 e. The summed E-state index contributed by atoms with van der Waals surface area (Å²) in [6.45, 7) is 6.94. The Hall–Kier alpha value is -2.48. The van der Waals surface area contributed by atoms with E-state index in [1.165, 1.54) is 18.3 Å². The number of aromatic nitrogens is 1. The molecule has 1 amide bonds. The van der Waals surface area contributed by atoms with Crippen LogP contribution in [0.25, 0.3) is 0 Å². The highest BCUT2D eigenvalue weighted by Gasteiger charge is 2.27.